The first-order chi connectivity index (χ1) is 18.1. The number of hydrogen-bond acceptors (Lipinski definition) is 6. The van der Waals surface area contributed by atoms with Crippen LogP contribution in [0.4, 0.5) is 10.2 Å². The van der Waals surface area contributed by atoms with E-state index < -0.39 is 21.9 Å². The molecule has 1 aliphatic heterocycles. The fourth-order valence-corrected chi connectivity index (χ4v) is 7.28. The number of ether oxygens (including phenoxy) is 1. The summed E-state index contributed by atoms with van der Waals surface area (Å²) in [5.41, 5.74) is 1.44. The van der Waals surface area contributed by atoms with Crippen LogP contribution in [0.25, 0.3) is 0 Å². The van der Waals surface area contributed by atoms with E-state index in [1.807, 2.05) is 19.9 Å². The van der Waals surface area contributed by atoms with Gasteiger partial charge in [0.1, 0.15) is 22.6 Å². The third-order valence-corrected chi connectivity index (χ3v) is 9.74. The highest BCUT2D eigenvalue weighted by Gasteiger charge is 2.54. The molecule has 2 N–H and O–H groups in total. The van der Waals surface area contributed by atoms with Crippen LogP contribution in [0.3, 0.4) is 0 Å². The molecule has 3 atom stereocenters. The summed E-state index contributed by atoms with van der Waals surface area (Å²) in [5.74, 6) is 1.14. The van der Waals surface area contributed by atoms with Crippen LogP contribution >= 0.6 is 11.6 Å². The smallest absolute Gasteiger partial charge is 0.188 e. The summed E-state index contributed by atoms with van der Waals surface area (Å²) in [6.45, 7) is 5.73. The number of nitrogens with zero attached hydrogens (tertiary/aromatic N) is 3. The zero-order valence-electron chi connectivity index (χ0n) is 21.8. The Morgan fingerprint density at radius 2 is 1.95 bits per heavy atom. The summed E-state index contributed by atoms with van der Waals surface area (Å²) in [6, 6.07) is 14.6. The van der Waals surface area contributed by atoms with Gasteiger partial charge in [-0.05, 0) is 80.5 Å². The number of hydrogen-bond donors (Lipinski definition) is 1. The van der Waals surface area contributed by atoms with Crippen molar-refractivity contribution >= 4 is 28.8 Å². The maximum Gasteiger partial charge on any atom is 0.188 e. The Morgan fingerprint density at radius 1 is 1.16 bits per heavy atom. The minimum Gasteiger partial charge on any atom is -0.598 e. The minimum absolute atomic E-state index is 0.0164. The molecule has 6 nitrogen and oxygen atoms in total. The van der Waals surface area contributed by atoms with Gasteiger partial charge in [-0.1, -0.05) is 41.9 Å². The van der Waals surface area contributed by atoms with Crippen LogP contribution in [-0.2, 0) is 17.8 Å². The number of anilines is 1. The van der Waals surface area contributed by atoms with Gasteiger partial charge in [-0.25, -0.2) is 14.4 Å². The van der Waals surface area contributed by atoms with E-state index in [0.717, 1.165) is 51.6 Å². The second kappa shape index (κ2) is 10.6. The van der Waals surface area contributed by atoms with Crippen molar-refractivity contribution < 1.29 is 13.7 Å². The Morgan fingerprint density at radius 3 is 2.68 bits per heavy atom. The second-order valence-electron chi connectivity index (χ2n) is 11.6. The summed E-state index contributed by atoms with van der Waals surface area (Å²) in [7, 11) is 0. The van der Waals surface area contributed by atoms with Gasteiger partial charge >= 0.3 is 0 Å². The SMILES string of the molecule is CC(C)(CC1(Cc2ccccc2)CCC2(CCN(c3ncncc3Oc3ccc(F)cc3Cl)C2)C1)[S+](N)[O-]. The maximum absolute atomic E-state index is 13.5. The molecule has 0 amide bonds. The molecule has 2 aliphatic rings. The average Bonchev–Trinajstić information content (AvgIpc) is 3.44. The molecule has 9 heteroatoms. The molecule has 1 saturated carbocycles. The summed E-state index contributed by atoms with van der Waals surface area (Å²) in [4.78, 5) is 11.0. The Bertz CT molecular complexity index is 1280. The molecular weight excluding hydrogens is 523 g/mol. The van der Waals surface area contributed by atoms with Crippen molar-refractivity contribution in [2.24, 2.45) is 16.0 Å². The van der Waals surface area contributed by atoms with Crippen molar-refractivity contribution in [3.63, 3.8) is 0 Å². The summed E-state index contributed by atoms with van der Waals surface area (Å²) in [5, 5.41) is 6.14. The molecule has 3 unspecified atom stereocenters. The van der Waals surface area contributed by atoms with E-state index in [2.05, 4.69) is 39.1 Å². The predicted octanol–water partition coefficient (Wildman–Crippen LogP) is 6.46. The normalized spacial score (nSPS) is 24.2. The van der Waals surface area contributed by atoms with E-state index in [4.69, 9.17) is 21.5 Å². The van der Waals surface area contributed by atoms with Crippen molar-refractivity contribution in [1.29, 1.82) is 0 Å². The highest BCUT2D eigenvalue weighted by molar-refractivity contribution is 7.90. The van der Waals surface area contributed by atoms with Gasteiger partial charge in [0.2, 0.25) is 0 Å². The Labute approximate surface area is 232 Å². The quantitative estimate of drug-likeness (QED) is 0.320. The average molecular weight is 557 g/mol. The number of halogens is 2. The van der Waals surface area contributed by atoms with Gasteiger partial charge in [0.25, 0.3) is 0 Å². The molecule has 1 saturated heterocycles. The van der Waals surface area contributed by atoms with Gasteiger partial charge < -0.3 is 14.2 Å². The van der Waals surface area contributed by atoms with E-state index in [0.29, 0.717) is 17.3 Å². The molecular formula is C29H34ClFN4O2S. The lowest BCUT2D eigenvalue weighted by Crippen LogP contribution is -2.43. The van der Waals surface area contributed by atoms with Gasteiger partial charge in [-0.2, -0.15) is 5.14 Å². The van der Waals surface area contributed by atoms with Crippen molar-refractivity contribution in [2.75, 3.05) is 18.0 Å². The molecule has 38 heavy (non-hydrogen) atoms. The lowest BCUT2D eigenvalue weighted by atomic mass is 9.71. The molecule has 3 aromatic rings. The van der Waals surface area contributed by atoms with E-state index in [-0.39, 0.29) is 15.9 Å². The van der Waals surface area contributed by atoms with Crippen LogP contribution in [0.5, 0.6) is 11.5 Å². The molecule has 1 aromatic heterocycles. The number of benzene rings is 2. The van der Waals surface area contributed by atoms with Gasteiger partial charge in [0.15, 0.2) is 11.6 Å². The number of rotatable bonds is 8. The standard InChI is InChI=1S/C29H34ClFN4O2S/c1-27(2,38(32)36)17-29(15-21-6-4-3-5-7-21)11-10-28(18-29)12-13-35(19-28)26-25(16-33-20-34-26)37-24-9-8-22(31)14-23(24)30/h3-9,14,16,20H,10-13,15,17-19,32H2,1-2H3. The number of nitrogens with two attached hydrogens (primary N) is 1. The van der Waals surface area contributed by atoms with Crippen LogP contribution in [0.15, 0.2) is 61.1 Å². The summed E-state index contributed by atoms with van der Waals surface area (Å²) >= 11 is 4.80. The van der Waals surface area contributed by atoms with Crippen LogP contribution < -0.4 is 14.8 Å². The van der Waals surface area contributed by atoms with Gasteiger partial charge in [-0.15, -0.1) is 0 Å². The molecule has 202 valence electrons. The van der Waals surface area contributed by atoms with Crippen molar-refractivity contribution in [2.45, 2.75) is 57.1 Å². The molecule has 0 radical (unpaired) electrons. The first-order valence-corrected chi connectivity index (χ1v) is 14.6. The van der Waals surface area contributed by atoms with Crippen molar-refractivity contribution in [1.82, 2.24) is 9.97 Å². The van der Waals surface area contributed by atoms with E-state index >= 15 is 0 Å². The molecule has 0 bridgehead atoms. The molecule has 2 heterocycles. The van der Waals surface area contributed by atoms with E-state index in [1.54, 1.807) is 6.20 Å². The van der Waals surface area contributed by atoms with Crippen LogP contribution in [0, 0.1) is 16.6 Å². The van der Waals surface area contributed by atoms with Crippen molar-refractivity contribution in [3.8, 4) is 11.5 Å². The Balaban J connectivity index is 1.38. The monoisotopic (exact) mass is 556 g/mol. The van der Waals surface area contributed by atoms with Gasteiger partial charge in [0, 0.05) is 30.9 Å². The largest absolute Gasteiger partial charge is 0.598 e. The predicted molar refractivity (Wildman–Crippen MR) is 150 cm³/mol. The van der Waals surface area contributed by atoms with Crippen LogP contribution in [0.1, 0.15) is 51.5 Å². The second-order valence-corrected chi connectivity index (χ2v) is 13.7. The first kappa shape index (κ1) is 27.2. The topological polar surface area (TPSA) is 87.3 Å². The fraction of sp³-hybridized carbons (Fsp3) is 0.448. The van der Waals surface area contributed by atoms with E-state index in [1.165, 1.54) is 30.1 Å². The molecule has 1 aliphatic carbocycles. The number of aromatic nitrogens is 2. The third kappa shape index (κ3) is 5.78. The zero-order chi connectivity index (χ0) is 27.0. The Kier molecular flexibility index (Phi) is 7.61. The van der Waals surface area contributed by atoms with Gasteiger partial charge in [0.05, 0.1) is 11.2 Å². The Hall–Kier alpha value is -2.39. The molecule has 2 fully saturated rings. The lowest BCUT2D eigenvalue weighted by Gasteiger charge is -2.38. The lowest BCUT2D eigenvalue weighted by molar-refractivity contribution is 0.203. The van der Waals surface area contributed by atoms with Crippen LogP contribution in [-0.4, -0.2) is 32.4 Å². The highest BCUT2D eigenvalue weighted by Crippen LogP contribution is 2.59. The van der Waals surface area contributed by atoms with Crippen LogP contribution in [0.2, 0.25) is 5.02 Å². The minimum atomic E-state index is -1.41. The third-order valence-electron chi connectivity index (χ3n) is 8.21. The summed E-state index contributed by atoms with van der Waals surface area (Å²) < 4.78 is 31.6. The summed E-state index contributed by atoms with van der Waals surface area (Å²) in [6.07, 6.45) is 9.13. The fourth-order valence-electron chi connectivity index (χ4n) is 6.63. The highest BCUT2D eigenvalue weighted by atomic mass is 35.5. The molecule has 2 aromatic carbocycles. The zero-order valence-corrected chi connectivity index (χ0v) is 23.4. The molecule has 1 spiro atoms. The van der Waals surface area contributed by atoms with E-state index in [9.17, 15) is 8.94 Å². The first-order valence-electron chi connectivity index (χ1n) is 13.0. The molecule has 5 rings (SSSR count). The maximum atomic E-state index is 13.5. The van der Waals surface area contributed by atoms with Gasteiger partial charge in [-0.3, -0.25) is 0 Å². The van der Waals surface area contributed by atoms with Crippen molar-refractivity contribution in [3.05, 3.63) is 77.5 Å².